The van der Waals surface area contributed by atoms with Gasteiger partial charge < -0.3 is 4.74 Å². The Bertz CT molecular complexity index is 1020. The van der Waals surface area contributed by atoms with Crippen LogP contribution in [0.4, 0.5) is 5.13 Å². The van der Waals surface area contributed by atoms with Gasteiger partial charge in [-0.15, -0.1) is 11.3 Å². The molecular formula is C19H18Cl3N3O2S2. The summed E-state index contributed by atoms with van der Waals surface area (Å²) in [7, 11) is 0. The van der Waals surface area contributed by atoms with Gasteiger partial charge in [-0.25, -0.2) is 4.98 Å². The highest BCUT2D eigenvalue weighted by Crippen LogP contribution is 2.35. The van der Waals surface area contributed by atoms with E-state index in [1.165, 1.54) is 22.7 Å². The SMILES string of the molecule is O=C(c1cc(Cl)sc1Cl)N(CCCN1CCOCC1)c1nc2ccc(Cl)cc2s1. The molecule has 3 heterocycles. The van der Waals surface area contributed by atoms with Crippen LogP contribution in [0.1, 0.15) is 16.8 Å². The summed E-state index contributed by atoms with van der Waals surface area (Å²) in [6.45, 7) is 4.77. The molecule has 29 heavy (non-hydrogen) atoms. The zero-order chi connectivity index (χ0) is 20.4. The van der Waals surface area contributed by atoms with E-state index in [1.54, 1.807) is 17.0 Å². The average molecular weight is 491 g/mol. The molecule has 1 aliphatic heterocycles. The van der Waals surface area contributed by atoms with Crippen molar-refractivity contribution in [1.29, 1.82) is 0 Å². The van der Waals surface area contributed by atoms with E-state index in [4.69, 9.17) is 39.5 Å². The van der Waals surface area contributed by atoms with Gasteiger partial charge in [0.1, 0.15) is 4.34 Å². The predicted molar refractivity (Wildman–Crippen MR) is 123 cm³/mol. The van der Waals surface area contributed by atoms with E-state index in [1.807, 2.05) is 12.1 Å². The van der Waals surface area contributed by atoms with Gasteiger partial charge in [-0.3, -0.25) is 14.6 Å². The Labute approximate surface area is 191 Å². The number of hydrogen-bond acceptors (Lipinski definition) is 6. The van der Waals surface area contributed by atoms with Gasteiger partial charge in [0.05, 0.1) is 33.3 Å². The van der Waals surface area contributed by atoms with Crippen molar-refractivity contribution in [3.63, 3.8) is 0 Å². The quantitative estimate of drug-likeness (QED) is 0.445. The lowest BCUT2D eigenvalue weighted by Crippen LogP contribution is -2.39. The van der Waals surface area contributed by atoms with Crippen molar-refractivity contribution in [2.24, 2.45) is 0 Å². The van der Waals surface area contributed by atoms with Crippen molar-refractivity contribution in [3.05, 3.63) is 43.5 Å². The number of ether oxygens (including phenoxy) is 1. The van der Waals surface area contributed by atoms with Crippen molar-refractivity contribution in [3.8, 4) is 0 Å². The fourth-order valence-electron chi connectivity index (χ4n) is 3.19. The number of benzene rings is 1. The summed E-state index contributed by atoms with van der Waals surface area (Å²) >= 11 is 21.1. The number of anilines is 1. The van der Waals surface area contributed by atoms with Gasteiger partial charge in [-0.2, -0.15) is 0 Å². The Morgan fingerprint density at radius 1 is 1.17 bits per heavy atom. The fourth-order valence-corrected chi connectivity index (χ4v) is 5.91. The third-order valence-corrected chi connectivity index (χ3v) is 7.43. The minimum Gasteiger partial charge on any atom is -0.379 e. The molecule has 0 saturated carbocycles. The highest BCUT2D eigenvalue weighted by Gasteiger charge is 2.25. The number of rotatable bonds is 6. The molecule has 1 saturated heterocycles. The summed E-state index contributed by atoms with van der Waals surface area (Å²) in [5, 5.41) is 1.28. The van der Waals surface area contributed by atoms with Gasteiger partial charge in [0.15, 0.2) is 5.13 Å². The number of carbonyl (C=O) groups excluding carboxylic acids is 1. The van der Waals surface area contributed by atoms with E-state index in [-0.39, 0.29) is 5.91 Å². The first kappa shape index (κ1) is 21.3. The summed E-state index contributed by atoms with van der Waals surface area (Å²) < 4.78 is 7.22. The fraction of sp³-hybridized carbons (Fsp3) is 0.368. The zero-order valence-corrected chi connectivity index (χ0v) is 19.3. The van der Waals surface area contributed by atoms with Crippen LogP contribution in [-0.4, -0.2) is 55.2 Å². The predicted octanol–water partition coefficient (Wildman–Crippen LogP) is 5.69. The molecule has 154 valence electrons. The Morgan fingerprint density at radius 2 is 1.97 bits per heavy atom. The maximum absolute atomic E-state index is 13.3. The number of aromatic nitrogens is 1. The van der Waals surface area contributed by atoms with Crippen molar-refractivity contribution < 1.29 is 9.53 Å². The maximum Gasteiger partial charge on any atom is 0.262 e. The molecule has 0 radical (unpaired) electrons. The molecule has 1 aromatic carbocycles. The number of morpholine rings is 1. The van der Waals surface area contributed by atoms with Crippen molar-refractivity contribution in [2.75, 3.05) is 44.3 Å². The lowest BCUT2D eigenvalue weighted by Gasteiger charge is -2.27. The minimum absolute atomic E-state index is 0.190. The van der Waals surface area contributed by atoms with Gasteiger partial charge in [-0.05, 0) is 30.7 Å². The van der Waals surface area contributed by atoms with Gasteiger partial charge in [0.2, 0.25) is 0 Å². The topological polar surface area (TPSA) is 45.7 Å². The lowest BCUT2D eigenvalue weighted by molar-refractivity contribution is 0.0376. The van der Waals surface area contributed by atoms with E-state index < -0.39 is 0 Å². The summed E-state index contributed by atoms with van der Waals surface area (Å²) in [6, 6.07) is 7.15. The molecule has 0 N–H and O–H groups in total. The average Bonchev–Trinajstić information content (AvgIpc) is 3.27. The largest absolute Gasteiger partial charge is 0.379 e. The molecule has 10 heteroatoms. The molecular weight excluding hydrogens is 473 g/mol. The molecule has 0 atom stereocenters. The van der Waals surface area contributed by atoms with E-state index in [9.17, 15) is 4.79 Å². The molecule has 5 nitrogen and oxygen atoms in total. The second kappa shape index (κ2) is 9.47. The number of thiazole rings is 1. The summed E-state index contributed by atoms with van der Waals surface area (Å²) in [4.78, 5) is 22.0. The summed E-state index contributed by atoms with van der Waals surface area (Å²) in [5.41, 5.74) is 1.22. The molecule has 3 aromatic rings. The third kappa shape index (κ3) is 5.05. The van der Waals surface area contributed by atoms with E-state index >= 15 is 0 Å². The summed E-state index contributed by atoms with van der Waals surface area (Å²) in [5.74, 6) is -0.190. The second-order valence-corrected chi connectivity index (χ2v) is 10.3. The van der Waals surface area contributed by atoms with Crippen LogP contribution in [0.25, 0.3) is 10.2 Å². The second-order valence-electron chi connectivity index (χ2n) is 6.61. The maximum atomic E-state index is 13.3. The summed E-state index contributed by atoms with van der Waals surface area (Å²) in [6.07, 6.45) is 0.817. The standard InChI is InChI=1S/C19H18Cl3N3O2S2/c20-12-2-3-14-15(10-12)28-19(23-14)25(5-1-4-24-6-8-27-9-7-24)18(26)13-11-16(21)29-17(13)22/h2-3,10-11H,1,4-9H2. The molecule has 4 rings (SSSR count). The smallest absolute Gasteiger partial charge is 0.262 e. The van der Waals surface area contributed by atoms with Gasteiger partial charge >= 0.3 is 0 Å². The van der Waals surface area contributed by atoms with Crippen molar-refractivity contribution in [2.45, 2.75) is 6.42 Å². The van der Waals surface area contributed by atoms with Crippen LogP contribution in [0.5, 0.6) is 0 Å². The first-order valence-electron chi connectivity index (χ1n) is 9.14. The van der Waals surface area contributed by atoms with E-state index in [2.05, 4.69) is 9.88 Å². The number of thiophene rings is 1. The van der Waals surface area contributed by atoms with Crippen molar-refractivity contribution in [1.82, 2.24) is 9.88 Å². The van der Waals surface area contributed by atoms with E-state index in [0.717, 1.165) is 49.5 Å². The normalized spacial score (nSPS) is 15.1. The van der Waals surface area contributed by atoms with Crippen LogP contribution >= 0.6 is 57.5 Å². The van der Waals surface area contributed by atoms with Crippen LogP contribution in [0.2, 0.25) is 13.7 Å². The Hall–Kier alpha value is -0.930. The highest BCUT2D eigenvalue weighted by atomic mass is 35.5. The number of fused-ring (bicyclic) bond motifs is 1. The van der Waals surface area contributed by atoms with Gasteiger partial charge in [0, 0.05) is 31.2 Å². The molecule has 0 unspecified atom stereocenters. The monoisotopic (exact) mass is 489 g/mol. The van der Waals surface area contributed by atoms with Crippen LogP contribution < -0.4 is 4.90 Å². The molecule has 1 aliphatic rings. The molecule has 0 spiro atoms. The zero-order valence-electron chi connectivity index (χ0n) is 15.4. The van der Waals surface area contributed by atoms with Crippen LogP contribution in [0, 0.1) is 0 Å². The van der Waals surface area contributed by atoms with Crippen molar-refractivity contribution >= 4 is 78.7 Å². The molecule has 1 fully saturated rings. The molecule has 2 aromatic heterocycles. The molecule has 0 aliphatic carbocycles. The molecule has 1 amide bonds. The Kier molecular flexibility index (Phi) is 6.96. The third-order valence-electron chi connectivity index (χ3n) is 4.66. The highest BCUT2D eigenvalue weighted by molar-refractivity contribution is 7.22. The number of nitrogens with zero attached hydrogens (tertiary/aromatic N) is 3. The Morgan fingerprint density at radius 3 is 2.69 bits per heavy atom. The van der Waals surface area contributed by atoms with Gasteiger partial charge in [-0.1, -0.05) is 46.1 Å². The van der Waals surface area contributed by atoms with Crippen LogP contribution in [0.15, 0.2) is 24.3 Å². The van der Waals surface area contributed by atoms with Crippen LogP contribution in [-0.2, 0) is 4.74 Å². The lowest BCUT2D eigenvalue weighted by atomic mass is 10.2. The first-order valence-corrected chi connectivity index (χ1v) is 11.9. The Balaban J connectivity index is 1.58. The number of amides is 1. The number of halogens is 3. The molecule has 0 bridgehead atoms. The van der Waals surface area contributed by atoms with Crippen LogP contribution in [0.3, 0.4) is 0 Å². The van der Waals surface area contributed by atoms with Gasteiger partial charge in [0.25, 0.3) is 5.91 Å². The first-order chi connectivity index (χ1) is 14.0. The minimum atomic E-state index is -0.190. The number of carbonyl (C=O) groups is 1. The number of hydrogen-bond donors (Lipinski definition) is 0. The van der Waals surface area contributed by atoms with E-state index in [0.29, 0.717) is 30.9 Å².